The SMILES string of the molecule is CO[C@H]1CC[C@@]2(OC)CCN(C(=O)CCc3ccccc3F)[C@H]2C1. The first-order chi connectivity index (χ1) is 11.6. The van der Waals surface area contributed by atoms with E-state index in [4.69, 9.17) is 9.47 Å². The molecule has 1 saturated carbocycles. The normalized spacial score (nSPS) is 29.5. The summed E-state index contributed by atoms with van der Waals surface area (Å²) in [6, 6.07) is 6.72. The first-order valence-corrected chi connectivity index (χ1v) is 8.70. The summed E-state index contributed by atoms with van der Waals surface area (Å²) in [5.74, 6) is -0.158. The average molecular weight is 335 g/mol. The van der Waals surface area contributed by atoms with E-state index in [2.05, 4.69) is 0 Å². The van der Waals surface area contributed by atoms with Gasteiger partial charge in [-0.3, -0.25) is 4.79 Å². The van der Waals surface area contributed by atoms with Gasteiger partial charge in [0.25, 0.3) is 0 Å². The molecule has 0 spiro atoms. The van der Waals surface area contributed by atoms with Gasteiger partial charge in [0.2, 0.25) is 5.91 Å². The van der Waals surface area contributed by atoms with Crippen molar-refractivity contribution in [2.75, 3.05) is 20.8 Å². The Morgan fingerprint density at radius 3 is 2.83 bits per heavy atom. The fourth-order valence-corrected chi connectivity index (χ4v) is 4.26. The number of likely N-dealkylation sites (tertiary alicyclic amines) is 1. The van der Waals surface area contributed by atoms with Crippen molar-refractivity contribution < 1.29 is 18.7 Å². The van der Waals surface area contributed by atoms with Crippen LogP contribution < -0.4 is 0 Å². The van der Waals surface area contributed by atoms with Crippen LogP contribution in [0.1, 0.15) is 37.7 Å². The molecule has 24 heavy (non-hydrogen) atoms. The number of rotatable bonds is 5. The van der Waals surface area contributed by atoms with Crippen LogP contribution in [0.2, 0.25) is 0 Å². The smallest absolute Gasteiger partial charge is 0.223 e. The van der Waals surface area contributed by atoms with E-state index < -0.39 is 0 Å². The van der Waals surface area contributed by atoms with Gasteiger partial charge < -0.3 is 14.4 Å². The molecule has 1 aliphatic carbocycles. The summed E-state index contributed by atoms with van der Waals surface area (Å²) in [6.07, 6.45) is 4.52. The predicted octanol–water partition coefficient (Wildman–Crippen LogP) is 2.94. The zero-order chi connectivity index (χ0) is 17.2. The second-order valence-corrected chi connectivity index (χ2v) is 6.85. The van der Waals surface area contributed by atoms with Crippen LogP contribution in [-0.2, 0) is 20.7 Å². The summed E-state index contributed by atoms with van der Waals surface area (Å²) in [4.78, 5) is 14.7. The van der Waals surface area contributed by atoms with Gasteiger partial charge in [-0.2, -0.15) is 0 Å². The highest BCUT2D eigenvalue weighted by Crippen LogP contribution is 2.43. The number of methoxy groups -OCH3 is 2. The molecule has 1 heterocycles. The zero-order valence-corrected chi connectivity index (χ0v) is 14.5. The van der Waals surface area contributed by atoms with Crippen molar-refractivity contribution in [3.8, 4) is 0 Å². The molecule has 5 heteroatoms. The minimum absolute atomic E-state index is 0.0642. The van der Waals surface area contributed by atoms with Gasteiger partial charge in [0.15, 0.2) is 0 Å². The van der Waals surface area contributed by atoms with Crippen molar-refractivity contribution in [2.45, 2.75) is 56.3 Å². The number of ether oxygens (including phenoxy) is 2. The van der Waals surface area contributed by atoms with E-state index in [-0.39, 0.29) is 29.5 Å². The number of fused-ring (bicyclic) bond motifs is 1. The third-order valence-corrected chi connectivity index (χ3v) is 5.76. The number of hydrogen-bond acceptors (Lipinski definition) is 3. The molecular formula is C19H26FNO3. The molecule has 1 amide bonds. The Labute approximate surface area is 142 Å². The molecule has 4 nitrogen and oxygen atoms in total. The molecule has 1 saturated heterocycles. The van der Waals surface area contributed by atoms with Crippen molar-refractivity contribution in [1.29, 1.82) is 0 Å². The van der Waals surface area contributed by atoms with Crippen molar-refractivity contribution in [2.24, 2.45) is 0 Å². The summed E-state index contributed by atoms with van der Waals surface area (Å²) in [6.45, 7) is 0.713. The Balaban J connectivity index is 1.67. The van der Waals surface area contributed by atoms with E-state index in [0.717, 1.165) is 25.7 Å². The van der Waals surface area contributed by atoms with Gasteiger partial charge in [-0.1, -0.05) is 18.2 Å². The number of hydrogen-bond donors (Lipinski definition) is 0. The fraction of sp³-hybridized carbons (Fsp3) is 0.632. The number of carbonyl (C=O) groups excluding carboxylic acids is 1. The molecule has 3 atom stereocenters. The molecule has 0 unspecified atom stereocenters. The van der Waals surface area contributed by atoms with Gasteiger partial charge in [0.1, 0.15) is 5.82 Å². The summed E-state index contributed by atoms with van der Waals surface area (Å²) < 4.78 is 25.1. The fourth-order valence-electron chi connectivity index (χ4n) is 4.26. The second-order valence-electron chi connectivity index (χ2n) is 6.85. The van der Waals surface area contributed by atoms with E-state index in [0.29, 0.717) is 24.9 Å². The highest BCUT2D eigenvalue weighted by atomic mass is 19.1. The van der Waals surface area contributed by atoms with Gasteiger partial charge in [0.05, 0.1) is 17.7 Å². The molecule has 0 aromatic heterocycles. The first kappa shape index (κ1) is 17.4. The molecule has 2 fully saturated rings. The third kappa shape index (κ3) is 3.20. The van der Waals surface area contributed by atoms with Gasteiger partial charge in [-0.15, -0.1) is 0 Å². The number of carbonyl (C=O) groups is 1. The molecule has 3 rings (SSSR count). The molecule has 2 aliphatic rings. The quantitative estimate of drug-likeness (QED) is 0.830. The Hall–Kier alpha value is -1.46. The number of benzene rings is 1. The highest BCUT2D eigenvalue weighted by Gasteiger charge is 2.52. The van der Waals surface area contributed by atoms with Crippen LogP contribution in [0.15, 0.2) is 24.3 Å². The lowest BCUT2D eigenvalue weighted by atomic mass is 9.79. The maximum atomic E-state index is 13.7. The largest absolute Gasteiger partial charge is 0.381 e. The van der Waals surface area contributed by atoms with Gasteiger partial charge in [-0.25, -0.2) is 4.39 Å². The molecule has 0 radical (unpaired) electrons. The Bertz CT molecular complexity index is 594. The van der Waals surface area contributed by atoms with Crippen LogP contribution in [0.25, 0.3) is 0 Å². The van der Waals surface area contributed by atoms with Crippen molar-refractivity contribution >= 4 is 5.91 Å². The molecule has 0 N–H and O–H groups in total. The van der Waals surface area contributed by atoms with Gasteiger partial charge >= 0.3 is 0 Å². The summed E-state index contributed by atoms with van der Waals surface area (Å²) in [5, 5.41) is 0. The van der Waals surface area contributed by atoms with Crippen LogP contribution in [0.5, 0.6) is 0 Å². The van der Waals surface area contributed by atoms with E-state index in [1.165, 1.54) is 6.07 Å². The first-order valence-electron chi connectivity index (χ1n) is 8.70. The summed E-state index contributed by atoms with van der Waals surface area (Å²) >= 11 is 0. The monoisotopic (exact) mass is 335 g/mol. The number of nitrogens with zero attached hydrogens (tertiary/aromatic N) is 1. The molecule has 1 aromatic carbocycles. The zero-order valence-electron chi connectivity index (χ0n) is 14.5. The Kier molecular flexibility index (Phi) is 5.21. The number of aryl methyl sites for hydroxylation is 1. The van der Waals surface area contributed by atoms with Crippen molar-refractivity contribution in [3.05, 3.63) is 35.6 Å². The molecular weight excluding hydrogens is 309 g/mol. The van der Waals surface area contributed by atoms with E-state index >= 15 is 0 Å². The van der Waals surface area contributed by atoms with Gasteiger partial charge in [0, 0.05) is 27.2 Å². The minimum Gasteiger partial charge on any atom is -0.381 e. The van der Waals surface area contributed by atoms with Crippen LogP contribution in [-0.4, -0.2) is 49.3 Å². The standard InChI is InChI=1S/C19H26FNO3/c1-23-15-9-10-19(24-2)11-12-21(17(19)13-15)18(22)8-7-14-5-3-4-6-16(14)20/h3-6,15,17H,7-13H2,1-2H3/t15-,17-,19+/m0/s1. The van der Waals surface area contributed by atoms with E-state index in [1.54, 1.807) is 32.4 Å². The van der Waals surface area contributed by atoms with Crippen molar-refractivity contribution in [1.82, 2.24) is 4.90 Å². The summed E-state index contributed by atoms with van der Waals surface area (Å²) in [7, 11) is 3.47. The molecule has 0 bridgehead atoms. The lowest BCUT2D eigenvalue weighted by molar-refractivity contribution is -0.140. The molecule has 1 aromatic rings. The topological polar surface area (TPSA) is 38.8 Å². The van der Waals surface area contributed by atoms with Crippen LogP contribution >= 0.6 is 0 Å². The van der Waals surface area contributed by atoms with E-state index in [1.807, 2.05) is 4.90 Å². The number of amides is 1. The predicted molar refractivity (Wildman–Crippen MR) is 89.2 cm³/mol. The van der Waals surface area contributed by atoms with Crippen molar-refractivity contribution in [3.63, 3.8) is 0 Å². The van der Waals surface area contributed by atoms with Crippen LogP contribution in [0.4, 0.5) is 4.39 Å². The van der Waals surface area contributed by atoms with Crippen LogP contribution in [0.3, 0.4) is 0 Å². The maximum absolute atomic E-state index is 13.7. The summed E-state index contributed by atoms with van der Waals surface area (Å²) in [5.41, 5.74) is 0.365. The molecule has 1 aliphatic heterocycles. The Morgan fingerprint density at radius 2 is 2.12 bits per heavy atom. The highest BCUT2D eigenvalue weighted by molar-refractivity contribution is 5.77. The third-order valence-electron chi connectivity index (χ3n) is 5.76. The minimum atomic E-state index is -0.241. The maximum Gasteiger partial charge on any atom is 0.223 e. The van der Waals surface area contributed by atoms with E-state index in [9.17, 15) is 9.18 Å². The lowest BCUT2D eigenvalue weighted by Gasteiger charge is -2.43. The van der Waals surface area contributed by atoms with Gasteiger partial charge in [-0.05, 0) is 43.7 Å². The lowest BCUT2D eigenvalue weighted by Crippen LogP contribution is -2.53. The Morgan fingerprint density at radius 1 is 1.33 bits per heavy atom. The number of halogens is 1. The molecule has 132 valence electrons. The van der Waals surface area contributed by atoms with Crippen LogP contribution in [0, 0.1) is 5.82 Å². The second kappa shape index (κ2) is 7.19. The average Bonchev–Trinajstić information content (AvgIpc) is 3.00.